The van der Waals surface area contributed by atoms with E-state index in [-0.39, 0.29) is 0 Å². The smallest absolute Gasteiger partial charge is 0.116 e. The maximum absolute atomic E-state index is 12.5. The molecule has 1 aliphatic rings. The van der Waals surface area contributed by atoms with E-state index < -0.39 is 5.83 Å². The highest BCUT2D eigenvalue weighted by atomic mass is 19.1. The quantitative estimate of drug-likeness (QED) is 0.770. The molecule has 110 valence electrons. The summed E-state index contributed by atoms with van der Waals surface area (Å²) in [5, 5.41) is 2.75. The van der Waals surface area contributed by atoms with E-state index in [0.717, 1.165) is 23.1 Å². The van der Waals surface area contributed by atoms with Gasteiger partial charge >= 0.3 is 0 Å². The molecule has 0 unspecified atom stereocenters. The molecule has 1 aliphatic heterocycles. The van der Waals surface area contributed by atoms with Crippen LogP contribution in [0.2, 0.25) is 0 Å². The molecule has 0 saturated heterocycles. The van der Waals surface area contributed by atoms with E-state index in [9.17, 15) is 4.39 Å². The van der Waals surface area contributed by atoms with Crippen LogP contribution in [0.25, 0.3) is 0 Å². The third kappa shape index (κ3) is 6.45. The molecule has 0 spiro atoms. The third-order valence-corrected chi connectivity index (χ3v) is 2.61. The SMILES string of the molecule is C=CC1=C(C(=C)C(=C)/C=C\C(=C)F)COCC1.CNC. The molecule has 0 aromatic heterocycles. The first-order valence-electron chi connectivity index (χ1n) is 6.39. The minimum Gasteiger partial charge on any atom is -0.376 e. The second-order valence-corrected chi connectivity index (χ2v) is 4.29. The van der Waals surface area contributed by atoms with Crippen molar-refractivity contribution >= 4 is 0 Å². The van der Waals surface area contributed by atoms with Gasteiger partial charge in [0.2, 0.25) is 0 Å². The second kappa shape index (κ2) is 10.1. The summed E-state index contributed by atoms with van der Waals surface area (Å²) < 4.78 is 17.9. The van der Waals surface area contributed by atoms with Crippen molar-refractivity contribution in [2.24, 2.45) is 0 Å². The average molecular weight is 277 g/mol. The van der Waals surface area contributed by atoms with Gasteiger partial charge in [-0.05, 0) is 48.9 Å². The number of halogens is 1. The molecular weight excluding hydrogens is 253 g/mol. The van der Waals surface area contributed by atoms with E-state index in [1.807, 2.05) is 20.2 Å². The average Bonchev–Trinajstić information content (AvgIpc) is 2.44. The first-order valence-corrected chi connectivity index (χ1v) is 6.39. The van der Waals surface area contributed by atoms with Gasteiger partial charge in [-0.2, -0.15) is 0 Å². The fourth-order valence-electron chi connectivity index (χ4n) is 1.59. The maximum Gasteiger partial charge on any atom is 0.116 e. The highest BCUT2D eigenvalue weighted by Crippen LogP contribution is 2.26. The molecule has 0 aromatic rings. The Bertz CT molecular complexity index is 444. The Morgan fingerprint density at radius 1 is 1.25 bits per heavy atom. The van der Waals surface area contributed by atoms with E-state index >= 15 is 0 Å². The van der Waals surface area contributed by atoms with Gasteiger partial charge in [-0.25, -0.2) is 4.39 Å². The van der Waals surface area contributed by atoms with E-state index in [1.54, 1.807) is 6.08 Å². The summed E-state index contributed by atoms with van der Waals surface area (Å²) >= 11 is 0. The van der Waals surface area contributed by atoms with Crippen LogP contribution in [0, 0.1) is 0 Å². The number of allylic oxidation sites excluding steroid dienone is 5. The van der Waals surface area contributed by atoms with Crippen molar-refractivity contribution in [1.29, 1.82) is 0 Å². The molecule has 0 bridgehead atoms. The summed E-state index contributed by atoms with van der Waals surface area (Å²) in [7, 11) is 3.75. The molecule has 1 N–H and O–H groups in total. The van der Waals surface area contributed by atoms with Crippen LogP contribution in [-0.2, 0) is 4.74 Å². The van der Waals surface area contributed by atoms with E-state index in [4.69, 9.17) is 4.74 Å². The normalized spacial score (nSPS) is 14.6. The van der Waals surface area contributed by atoms with Gasteiger partial charge in [0.25, 0.3) is 0 Å². The molecule has 1 rings (SSSR count). The summed E-state index contributed by atoms with van der Waals surface area (Å²) in [5.41, 5.74) is 3.53. The first-order chi connectivity index (χ1) is 9.47. The van der Waals surface area contributed by atoms with Crippen LogP contribution < -0.4 is 5.32 Å². The van der Waals surface area contributed by atoms with Crippen LogP contribution in [0.15, 0.2) is 72.7 Å². The Morgan fingerprint density at radius 3 is 2.35 bits per heavy atom. The molecule has 3 heteroatoms. The lowest BCUT2D eigenvalue weighted by Gasteiger charge is -2.20. The van der Waals surface area contributed by atoms with Gasteiger partial charge in [0.05, 0.1) is 13.2 Å². The lowest BCUT2D eigenvalue weighted by atomic mass is 9.93. The zero-order chi connectivity index (χ0) is 15.5. The fourth-order valence-corrected chi connectivity index (χ4v) is 1.59. The van der Waals surface area contributed by atoms with Crippen molar-refractivity contribution in [1.82, 2.24) is 5.32 Å². The summed E-state index contributed by atoms with van der Waals surface area (Å²) in [5.74, 6) is -0.503. The van der Waals surface area contributed by atoms with Gasteiger partial charge in [-0.1, -0.05) is 38.5 Å². The Kier molecular flexibility index (Phi) is 9.26. The zero-order valence-corrected chi connectivity index (χ0v) is 12.5. The molecule has 0 radical (unpaired) electrons. The predicted molar refractivity (Wildman–Crippen MR) is 85.3 cm³/mol. The number of hydrogen-bond acceptors (Lipinski definition) is 2. The molecular formula is C17H24FNO. The van der Waals surface area contributed by atoms with Gasteiger partial charge in [-0.3, -0.25) is 0 Å². The van der Waals surface area contributed by atoms with Crippen LogP contribution in [0.3, 0.4) is 0 Å². The molecule has 20 heavy (non-hydrogen) atoms. The van der Waals surface area contributed by atoms with E-state index in [0.29, 0.717) is 18.8 Å². The number of rotatable bonds is 5. The highest BCUT2D eigenvalue weighted by molar-refractivity contribution is 5.53. The fraction of sp³-hybridized carbons (Fsp3) is 0.294. The summed E-state index contributed by atoms with van der Waals surface area (Å²) in [4.78, 5) is 0. The molecule has 0 fully saturated rings. The molecule has 2 nitrogen and oxygen atoms in total. The van der Waals surface area contributed by atoms with Crippen LogP contribution in [-0.4, -0.2) is 27.3 Å². The van der Waals surface area contributed by atoms with Gasteiger partial charge in [0.1, 0.15) is 5.83 Å². The monoisotopic (exact) mass is 277 g/mol. The molecule has 0 saturated carbocycles. The van der Waals surface area contributed by atoms with Crippen molar-refractivity contribution in [3.63, 3.8) is 0 Å². The Morgan fingerprint density at radius 2 is 1.85 bits per heavy atom. The standard InChI is InChI=1S/C15H17FO.C2H7N/c1-5-14-8-9-17-10-15(14)13(4)11(2)6-7-12(3)16;1-3-2/h5-7H,1-4,8-10H2;3H,1-2H3/b7-6-;. The first kappa shape index (κ1) is 18.3. The Balaban J connectivity index is 0.00000110. The number of ether oxygens (including phenoxy) is 1. The molecule has 0 atom stereocenters. The van der Waals surface area contributed by atoms with Crippen molar-refractivity contribution in [2.75, 3.05) is 27.3 Å². The van der Waals surface area contributed by atoms with Gasteiger partial charge in [-0.15, -0.1) is 0 Å². The Hall–Kier alpha value is -1.71. The van der Waals surface area contributed by atoms with Crippen molar-refractivity contribution < 1.29 is 9.13 Å². The van der Waals surface area contributed by atoms with Crippen LogP contribution >= 0.6 is 0 Å². The van der Waals surface area contributed by atoms with Crippen LogP contribution in [0.4, 0.5) is 4.39 Å². The van der Waals surface area contributed by atoms with Gasteiger partial charge in [0, 0.05) is 0 Å². The Labute approximate surface area is 121 Å². The molecule has 0 aromatic carbocycles. The van der Waals surface area contributed by atoms with Gasteiger partial charge in [0.15, 0.2) is 0 Å². The summed E-state index contributed by atoms with van der Waals surface area (Å²) in [6, 6.07) is 0. The third-order valence-electron chi connectivity index (χ3n) is 2.61. The highest BCUT2D eigenvalue weighted by Gasteiger charge is 2.14. The minimum atomic E-state index is -0.503. The number of nitrogens with one attached hydrogen (secondary N) is 1. The van der Waals surface area contributed by atoms with Crippen LogP contribution in [0.5, 0.6) is 0 Å². The van der Waals surface area contributed by atoms with Crippen molar-refractivity contribution in [3.8, 4) is 0 Å². The molecule has 1 heterocycles. The zero-order valence-electron chi connectivity index (χ0n) is 12.5. The summed E-state index contributed by atoms with van der Waals surface area (Å²) in [6.45, 7) is 15.9. The second-order valence-electron chi connectivity index (χ2n) is 4.29. The van der Waals surface area contributed by atoms with Crippen LogP contribution in [0.1, 0.15) is 6.42 Å². The van der Waals surface area contributed by atoms with E-state index in [2.05, 4.69) is 31.6 Å². The summed E-state index contributed by atoms with van der Waals surface area (Å²) in [6.07, 6.45) is 5.47. The lowest BCUT2D eigenvalue weighted by Crippen LogP contribution is -2.12. The predicted octanol–water partition coefficient (Wildman–Crippen LogP) is 3.88. The van der Waals surface area contributed by atoms with Crippen molar-refractivity contribution in [2.45, 2.75) is 6.42 Å². The minimum absolute atomic E-state index is 0.503. The number of hydrogen-bond donors (Lipinski definition) is 1. The lowest BCUT2D eigenvalue weighted by molar-refractivity contribution is 0.149. The molecule has 0 amide bonds. The molecule has 0 aliphatic carbocycles. The maximum atomic E-state index is 12.5. The van der Waals surface area contributed by atoms with Gasteiger partial charge < -0.3 is 10.1 Å². The van der Waals surface area contributed by atoms with Crippen molar-refractivity contribution in [3.05, 3.63) is 72.7 Å². The largest absolute Gasteiger partial charge is 0.376 e. The topological polar surface area (TPSA) is 21.3 Å². The van der Waals surface area contributed by atoms with E-state index in [1.165, 1.54) is 6.08 Å².